The van der Waals surface area contributed by atoms with Crippen LogP contribution in [0.4, 0.5) is 14.5 Å². The lowest BCUT2D eigenvalue weighted by molar-refractivity contribution is 0.371. The second kappa shape index (κ2) is 4.91. The highest BCUT2D eigenvalue weighted by Crippen LogP contribution is 2.29. The summed E-state index contributed by atoms with van der Waals surface area (Å²) in [6.07, 6.45) is 0. The molecule has 2 aromatic rings. The summed E-state index contributed by atoms with van der Waals surface area (Å²) in [5.41, 5.74) is 6.10. The van der Waals surface area contributed by atoms with Crippen molar-refractivity contribution >= 4 is 5.69 Å². The zero-order chi connectivity index (χ0) is 14.2. The summed E-state index contributed by atoms with van der Waals surface area (Å²) in [5.74, 6) is -1.35. The minimum atomic E-state index is -0.989. The fourth-order valence-electron chi connectivity index (χ4n) is 1.68. The quantitative estimate of drug-likeness (QED) is 0.867. The molecule has 0 spiro atoms. The van der Waals surface area contributed by atoms with Crippen LogP contribution in [0.15, 0.2) is 12.1 Å². The van der Waals surface area contributed by atoms with E-state index in [1.165, 1.54) is 0 Å². The van der Waals surface area contributed by atoms with Crippen molar-refractivity contribution in [2.45, 2.75) is 26.8 Å². The predicted molar refractivity (Wildman–Crippen MR) is 67.1 cm³/mol. The number of hydrogen-bond acceptors (Lipinski definition) is 4. The lowest BCUT2D eigenvalue weighted by atomic mass is 10.1. The van der Waals surface area contributed by atoms with E-state index in [9.17, 15) is 8.78 Å². The molecule has 0 aliphatic carbocycles. The molecular weight excluding hydrogens is 252 g/mol. The van der Waals surface area contributed by atoms with E-state index in [1.54, 1.807) is 4.68 Å². The van der Waals surface area contributed by atoms with Crippen LogP contribution in [-0.4, -0.2) is 20.2 Å². The molecule has 0 saturated carbocycles. The van der Waals surface area contributed by atoms with Gasteiger partial charge in [0.2, 0.25) is 0 Å². The maximum Gasteiger partial charge on any atom is 0.184 e. The van der Waals surface area contributed by atoms with Gasteiger partial charge in [-0.15, -0.1) is 5.10 Å². The van der Waals surface area contributed by atoms with Crippen LogP contribution in [0, 0.1) is 17.6 Å². The van der Waals surface area contributed by atoms with E-state index in [-0.39, 0.29) is 23.2 Å². The smallest absolute Gasteiger partial charge is 0.184 e. The summed E-state index contributed by atoms with van der Waals surface area (Å²) in [6, 6.07) is 1.96. The number of halogens is 2. The van der Waals surface area contributed by atoms with Crippen molar-refractivity contribution in [1.82, 2.24) is 20.2 Å². The average molecular weight is 267 g/mol. The Bertz CT molecular complexity index is 594. The van der Waals surface area contributed by atoms with Gasteiger partial charge in [-0.3, -0.25) is 0 Å². The van der Waals surface area contributed by atoms with Gasteiger partial charge in [0.25, 0.3) is 0 Å². The molecule has 1 unspecified atom stereocenters. The van der Waals surface area contributed by atoms with Crippen LogP contribution in [0.3, 0.4) is 0 Å². The van der Waals surface area contributed by atoms with Crippen molar-refractivity contribution < 1.29 is 8.78 Å². The Morgan fingerprint density at radius 2 is 1.79 bits per heavy atom. The standard InChI is InChI=1S/C12H15F2N5/c1-6(2)7(3)19-12(16-17-18-19)8-4-9(13)10(14)5-11(8)15/h4-7H,15H2,1-3H3. The maximum atomic E-state index is 13.3. The Hall–Kier alpha value is -2.05. The highest BCUT2D eigenvalue weighted by molar-refractivity contribution is 5.71. The Morgan fingerprint density at radius 3 is 2.42 bits per heavy atom. The van der Waals surface area contributed by atoms with Crippen LogP contribution >= 0.6 is 0 Å². The van der Waals surface area contributed by atoms with Gasteiger partial charge in [0.05, 0.1) is 6.04 Å². The number of nitrogens with zero attached hydrogens (tertiary/aromatic N) is 4. The highest BCUT2D eigenvalue weighted by atomic mass is 19.2. The number of nitrogen functional groups attached to an aromatic ring is 1. The molecule has 0 amide bonds. The average Bonchev–Trinajstić information content (AvgIpc) is 2.81. The molecule has 0 bridgehead atoms. The molecule has 2 N–H and O–H groups in total. The molecular formula is C12H15F2N5. The fourth-order valence-corrected chi connectivity index (χ4v) is 1.68. The monoisotopic (exact) mass is 267 g/mol. The van der Waals surface area contributed by atoms with Gasteiger partial charge in [-0.05, 0) is 29.3 Å². The van der Waals surface area contributed by atoms with Gasteiger partial charge >= 0.3 is 0 Å². The highest BCUT2D eigenvalue weighted by Gasteiger charge is 2.20. The first kappa shape index (κ1) is 13.4. The van der Waals surface area contributed by atoms with Crippen LogP contribution in [0.25, 0.3) is 11.4 Å². The summed E-state index contributed by atoms with van der Waals surface area (Å²) in [6.45, 7) is 5.98. The summed E-state index contributed by atoms with van der Waals surface area (Å²) in [7, 11) is 0. The van der Waals surface area contributed by atoms with Gasteiger partial charge in [0.15, 0.2) is 17.5 Å². The minimum Gasteiger partial charge on any atom is -0.398 e. The van der Waals surface area contributed by atoms with Gasteiger partial charge in [-0.2, -0.15) is 0 Å². The van der Waals surface area contributed by atoms with E-state index in [0.29, 0.717) is 5.82 Å². The number of rotatable bonds is 3. The first-order valence-electron chi connectivity index (χ1n) is 5.94. The number of hydrogen-bond donors (Lipinski definition) is 1. The first-order chi connectivity index (χ1) is 8.91. The summed E-state index contributed by atoms with van der Waals surface area (Å²) in [4.78, 5) is 0. The SMILES string of the molecule is CC(C)C(C)n1nnnc1-c1cc(F)c(F)cc1N. The topological polar surface area (TPSA) is 69.6 Å². The molecule has 0 saturated heterocycles. The second-order valence-corrected chi connectivity index (χ2v) is 4.79. The molecule has 7 heteroatoms. The first-order valence-corrected chi connectivity index (χ1v) is 5.94. The van der Waals surface area contributed by atoms with E-state index in [2.05, 4.69) is 15.5 Å². The number of aromatic nitrogens is 4. The zero-order valence-corrected chi connectivity index (χ0v) is 10.9. The van der Waals surface area contributed by atoms with Gasteiger partial charge in [-0.1, -0.05) is 13.8 Å². The third-order valence-electron chi connectivity index (χ3n) is 3.18. The van der Waals surface area contributed by atoms with E-state index in [4.69, 9.17) is 5.73 Å². The zero-order valence-electron chi connectivity index (χ0n) is 10.9. The van der Waals surface area contributed by atoms with E-state index in [1.807, 2.05) is 20.8 Å². The van der Waals surface area contributed by atoms with Crippen LogP contribution in [0.1, 0.15) is 26.8 Å². The Balaban J connectivity index is 2.55. The van der Waals surface area contributed by atoms with Crippen LogP contribution in [-0.2, 0) is 0 Å². The van der Waals surface area contributed by atoms with Crippen LogP contribution in [0.5, 0.6) is 0 Å². The van der Waals surface area contributed by atoms with Crippen molar-refractivity contribution in [3.8, 4) is 11.4 Å². The normalized spacial score (nSPS) is 12.9. The molecule has 2 rings (SSSR count). The van der Waals surface area contributed by atoms with Crippen LogP contribution < -0.4 is 5.73 Å². The lowest BCUT2D eigenvalue weighted by Crippen LogP contribution is -2.15. The van der Waals surface area contributed by atoms with E-state index < -0.39 is 11.6 Å². The molecule has 1 atom stereocenters. The molecule has 0 aliphatic heterocycles. The Kier molecular flexibility index (Phi) is 3.46. The van der Waals surface area contributed by atoms with Crippen LogP contribution in [0.2, 0.25) is 0 Å². The predicted octanol–water partition coefficient (Wildman–Crippen LogP) is 2.42. The van der Waals surface area contributed by atoms with Crippen molar-refractivity contribution in [2.24, 2.45) is 5.92 Å². The summed E-state index contributed by atoms with van der Waals surface area (Å²) >= 11 is 0. The Labute approximate surface area is 109 Å². The lowest BCUT2D eigenvalue weighted by Gasteiger charge is -2.17. The molecule has 102 valence electrons. The molecule has 0 fully saturated rings. The van der Waals surface area contributed by atoms with E-state index in [0.717, 1.165) is 12.1 Å². The molecule has 1 heterocycles. The largest absolute Gasteiger partial charge is 0.398 e. The molecule has 1 aromatic carbocycles. The Morgan fingerprint density at radius 1 is 1.16 bits per heavy atom. The molecule has 19 heavy (non-hydrogen) atoms. The number of anilines is 1. The van der Waals surface area contributed by atoms with Crippen molar-refractivity contribution in [3.63, 3.8) is 0 Å². The van der Waals surface area contributed by atoms with Crippen molar-refractivity contribution in [1.29, 1.82) is 0 Å². The maximum absolute atomic E-state index is 13.3. The number of benzene rings is 1. The fraction of sp³-hybridized carbons (Fsp3) is 0.417. The second-order valence-electron chi connectivity index (χ2n) is 4.79. The summed E-state index contributed by atoms with van der Waals surface area (Å²) < 4.78 is 28.0. The van der Waals surface area contributed by atoms with Gasteiger partial charge in [-0.25, -0.2) is 13.5 Å². The minimum absolute atomic E-state index is 0.0116. The van der Waals surface area contributed by atoms with Crippen molar-refractivity contribution in [2.75, 3.05) is 5.73 Å². The molecule has 0 aliphatic rings. The molecule has 0 radical (unpaired) electrons. The van der Waals surface area contributed by atoms with Gasteiger partial charge in [0, 0.05) is 17.3 Å². The molecule has 5 nitrogen and oxygen atoms in total. The molecule has 1 aromatic heterocycles. The van der Waals surface area contributed by atoms with Crippen molar-refractivity contribution in [3.05, 3.63) is 23.8 Å². The number of tetrazole rings is 1. The summed E-state index contributed by atoms with van der Waals surface area (Å²) in [5, 5.41) is 11.3. The van der Waals surface area contributed by atoms with Gasteiger partial charge < -0.3 is 5.73 Å². The number of nitrogens with two attached hydrogens (primary N) is 1. The third-order valence-corrected chi connectivity index (χ3v) is 3.18. The van der Waals surface area contributed by atoms with E-state index >= 15 is 0 Å². The third kappa shape index (κ3) is 2.40. The van der Waals surface area contributed by atoms with Gasteiger partial charge in [0.1, 0.15) is 0 Å².